The Hall–Kier alpha value is -1.06. The van der Waals surface area contributed by atoms with Crippen LogP contribution in [0.4, 0.5) is 17.6 Å². The molecule has 0 aliphatic rings. The van der Waals surface area contributed by atoms with E-state index in [9.17, 15) is 17.6 Å². The lowest BCUT2D eigenvalue weighted by molar-refractivity contribution is 0.0147. The van der Waals surface area contributed by atoms with E-state index in [1.807, 2.05) is 0 Å². The lowest BCUT2D eigenvalue weighted by atomic mass is 10.0. The molecule has 13 heavy (non-hydrogen) atoms. The van der Waals surface area contributed by atoms with Gasteiger partial charge in [0.2, 0.25) is 0 Å². The van der Waals surface area contributed by atoms with Gasteiger partial charge >= 0.3 is 0 Å². The highest BCUT2D eigenvalue weighted by Gasteiger charge is 2.31. The summed E-state index contributed by atoms with van der Waals surface area (Å²) in [5.41, 5.74) is -0.0521. The van der Waals surface area contributed by atoms with Crippen LogP contribution in [0, 0.1) is 6.07 Å². The summed E-state index contributed by atoms with van der Waals surface area (Å²) in [6.07, 6.45) is -6.08. The largest absolute Gasteiger partial charge is 0.250 e. The average Bonchev–Trinajstić information content (AvgIpc) is 2.04. The molecular formula is C9H7F4. The van der Waals surface area contributed by atoms with E-state index in [0.29, 0.717) is 0 Å². The van der Waals surface area contributed by atoms with Crippen molar-refractivity contribution in [2.45, 2.75) is 18.8 Å². The summed E-state index contributed by atoms with van der Waals surface area (Å²) in [6, 6.07) is 7.71. The molecule has 0 saturated carbocycles. The zero-order valence-electron chi connectivity index (χ0n) is 6.55. The molecule has 0 aromatic heterocycles. The number of benzene rings is 1. The van der Waals surface area contributed by atoms with E-state index in [-0.39, 0.29) is 5.56 Å². The molecule has 0 amide bonds. The zero-order chi connectivity index (χ0) is 9.84. The third kappa shape index (κ3) is 2.44. The molecule has 0 nitrogen and oxygen atoms in total. The van der Waals surface area contributed by atoms with E-state index >= 15 is 0 Å². The van der Waals surface area contributed by atoms with Gasteiger partial charge in [0.1, 0.15) is 5.92 Å². The fourth-order valence-electron chi connectivity index (χ4n) is 1.02. The van der Waals surface area contributed by atoms with Crippen molar-refractivity contribution in [2.75, 3.05) is 0 Å². The molecule has 4 heteroatoms. The molecule has 1 radical (unpaired) electrons. The number of hydrogen-bond donors (Lipinski definition) is 0. The highest BCUT2D eigenvalue weighted by Crippen LogP contribution is 2.29. The van der Waals surface area contributed by atoms with Gasteiger partial charge in [-0.2, -0.15) is 0 Å². The SMILES string of the molecule is FC(F)C(c1cc[c]cc1)C(F)F. The molecule has 1 rings (SSSR count). The van der Waals surface area contributed by atoms with Gasteiger partial charge in [0.05, 0.1) is 0 Å². The Bertz CT molecular complexity index is 237. The van der Waals surface area contributed by atoms with E-state index in [1.54, 1.807) is 0 Å². The van der Waals surface area contributed by atoms with Crippen LogP contribution in [0.15, 0.2) is 24.3 Å². The molecule has 0 heterocycles. The molecule has 1 aromatic rings. The first-order valence-corrected chi connectivity index (χ1v) is 3.65. The molecule has 0 unspecified atom stereocenters. The summed E-state index contributed by atoms with van der Waals surface area (Å²) in [5.74, 6) is -1.99. The topological polar surface area (TPSA) is 0 Å². The van der Waals surface area contributed by atoms with Gasteiger partial charge in [0, 0.05) is 0 Å². The Morgan fingerprint density at radius 1 is 0.923 bits per heavy atom. The first-order chi connectivity index (χ1) is 6.13. The van der Waals surface area contributed by atoms with Gasteiger partial charge in [-0.3, -0.25) is 0 Å². The summed E-state index contributed by atoms with van der Waals surface area (Å²) in [5, 5.41) is 0. The maximum atomic E-state index is 12.1. The van der Waals surface area contributed by atoms with Crippen LogP contribution in [0.3, 0.4) is 0 Å². The Labute approximate surface area is 73.2 Å². The van der Waals surface area contributed by atoms with Crippen LogP contribution in [-0.2, 0) is 0 Å². The summed E-state index contributed by atoms with van der Waals surface area (Å²) in [4.78, 5) is 0. The van der Waals surface area contributed by atoms with Crippen LogP contribution in [0.25, 0.3) is 0 Å². The lowest BCUT2D eigenvalue weighted by Gasteiger charge is -2.14. The van der Waals surface area contributed by atoms with E-state index in [0.717, 1.165) is 0 Å². The molecule has 0 fully saturated rings. The molecule has 0 saturated heterocycles. The second kappa shape index (κ2) is 4.25. The zero-order valence-corrected chi connectivity index (χ0v) is 6.55. The maximum Gasteiger partial charge on any atom is 0.250 e. The first kappa shape index (κ1) is 10.0. The molecule has 0 N–H and O–H groups in total. The molecule has 1 aromatic carbocycles. The molecule has 0 bridgehead atoms. The molecular weight excluding hydrogens is 184 g/mol. The smallest absolute Gasteiger partial charge is 0.210 e. The standard InChI is InChI=1S/C9H7F4/c10-8(11)7(9(12)13)6-4-2-1-3-5-6/h2-5,7-9H. The van der Waals surface area contributed by atoms with Crippen molar-refractivity contribution in [3.05, 3.63) is 35.9 Å². The van der Waals surface area contributed by atoms with Crippen molar-refractivity contribution in [1.82, 2.24) is 0 Å². The second-order valence-electron chi connectivity index (χ2n) is 2.53. The van der Waals surface area contributed by atoms with Crippen LogP contribution in [0.1, 0.15) is 11.5 Å². The molecule has 0 atom stereocenters. The number of hydrogen-bond acceptors (Lipinski definition) is 0. The Morgan fingerprint density at radius 3 is 1.77 bits per heavy atom. The minimum Gasteiger partial charge on any atom is -0.210 e. The Balaban J connectivity index is 2.89. The van der Waals surface area contributed by atoms with Crippen LogP contribution in [0.5, 0.6) is 0 Å². The normalized spacial score (nSPS) is 11.6. The maximum absolute atomic E-state index is 12.1. The third-order valence-electron chi connectivity index (χ3n) is 1.67. The van der Waals surface area contributed by atoms with Gasteiger partial charge in [-0.1, -0.05) is 24.3 Å². The lowest BCUT2D eigenvalue weighted by Crippen LogP contribution is -2.17. The predicted octanol–water partition coefficient (Wildman–Crippen LogP) is 3.10. The van der Waals surface area contributed by atoms with E-state index in [2.05, 4.69) is 6.07 Å². The number of alkyl halides is 4. The monoisotopic (exact) mass is 191 g/mol. The van der Waals surface area contributed by atoms with Crippen LogP contribution in [0.2, 0.25) is 0 Å². The fraction of sp³-hybridized carbons (Fsp3) is 0.333. The molecule has 0 aliphatic heterocycles. The highest BCUT2D eigenvalue weighted by atomic mass is 19.3. The fourth-order valence-corrected chi connectivity index (χ4v) is 1.02. The minimum absolute atomic E-state index is 0.0521. The van der Waals surface area contributed by atoms with Crippen molar-refractivity contribution in [1.29, 1.82) is 0 Å². The van der Waals surface area contributed by atoms with Crippen LogP contribution >= 0.6 is 0 Å². The van der Waals surface area contributed by atoms with E-state index < -0.39 is 18.8 Å². The molecule has 0 aliphatic carbocycles. The van der Waals surface area contributed by atoms with Gasteiger partial charge in [0.25, 0.3) is 12.9 Å². The van der Waals surface area contributed by atoms with Gasteiger partial charge in [0.15, 0.2) is 0 Å². The van der Waals surface area contributed by atoms with Gasteiger partial charge in [-0.25, -0.2) is 17.6 Å². The third-order valence-corrected chi connectivity index (χ3v) is 1.67. The Morgan fingerprint density at radius 2 is 1.38 bits per heavy atom. The summed E-state index contributed by atoms with van der Waals surface area (Å²) in [7, 11) is 0. The summed E-state index contributed by atoms with van der Waals surface area (Å²) >= 11 is 0. The average molecular weight is 191 g/mol. The van der Waals surface area contributed by atoms with Crippen molar-refractivity contribution >= 4 is 0 Å². The van der Waals surface area contributed by atoms with Crippen molar-refractivity contribution < 1.29 is 17.6 Å². The van der Waals surface area contributed by atoms with Gasteiger partial charge < -0.3 is 0 Å². The second-order valence-corrected chi connectivity index (χ2v) is 2.53. The highest BCUT2D eigenvalue weighted by molar-refractivity contribution is 5.20. The van der Waals surface area contributed by atoms with Crippen molar-refractivity contribution in [3.8, 4) is 0 Å². The van der Waals surface area contributed by atoms with Gasteiger partial charge in [-0.15, -0.1) is 0 Å². The summed E-state index contributed by atoms with van der Waals surface area (Å²) in [6.45, 7) is 0. The number of rotatable bonds is 3. The van der Waals surface area contributed by atoms with E-state index in [1.165, 1.54) is 24.3 Å². The quantitative estimate of drug-likeness (QED) is 0.644. The first-order valence-electron chi connectivity index (χ1n) is 3.65. The van der Waals surface area contributed by atoms with Crippen LogP contribution < -0.4 is 0 Å². The van der Waals surface area contributed by atoms with Crippen molar-refractivity contribution in [3.63, 3.8) is 0 Å². The van der Waals surface area contributed by atoms with Crippen molar-refractivity contribution in [2.24, 2.45) is 0 Å². The number of halogens is 4. The van der Waals surface area contributed by atoms with Crippen LogP contribution in [-0.4, -0.2) is 12.9 Å². The predicted molar refractivity (Wildman–Crippen MR) is 40.0 cm³/mol. The molecule has 71 valence electrons. The van der Waals surface area contributed by atoms with E-state index in [4.69, 9.17) is 0 Å². The minimum atomic E-state index is -3.04. The molecule has 0 spiro atoms. The van der Waals surface area contributed by atoms with Gasteiger partial charge in [-0.05, 0) is 11.6 Å². The Kier molecular flexibility index (Phi) is 3.28. The summed E-state index contributed by atoms with van der Waals surface area (Å²) < 4.78 is 48.6.